The summed E-state index contributed by atoms with van der Waals surface area (Å²) in [6.07, 6.45) is 0.107. The predicted octanol–water partition coefficient (Wildman–Crippen LogP) is 1.86. The second kappa shape index (κ2) is 10.1. The Morgan fingerprint density at radius 1 is 1.08 bits per heavy atom. The normalized spacial score (nSPS) is 11.2. The molecule has 0 aromatic heterocycles. The Morgan fingerprint density at radius 3 is 2.62 bits per heavy atom. The van der Waals surface area contributed by atoms with Crippen molar-refractivity contribution in [1.82, 2.24) is 10.7 Å². The molecule has 0 heterocycles. The number of rotatable bonds is 9. The standard InChI is InChI=1S/C19H23N3O4/c1-14(11-18(23)20-9-10-25-2)21-22-19(24)13-26-17-8-7-15-5-3-4-6-16(15)12-17/h3-8,12H,9-11,13H2,1-2H3,(H,20,23)(H,22,24)/b21-14+. The van der Waals surface area contributed by atoms with Crippen molar-refractivity contribution in [1.29, 1.82) is 0 Å². The third-order valence-corrected chi connectivity index (χ3v) is 3.51. The van der Waals surface area contributed by atoms with E-state index in [4.69, 9.17) is 9.47 Å². The van der Waals surface area contributed by atoms with Gasteiger partial charge >= 0.3 is 0 Å². The molecule has 0 aliphatic heterocycles. The smallest absolute Gasteiger partial charge is 0.277 e. The molecule has 0 unspecified atom stereocenters. The van der Waals surface area contributed by atoms with Crippen LogP contribution in [0.15, 0.2) is 47.6 Å². The van der Waals surface area contributed by atoms with Crippen LogP contribution in [0.25, 0.3) is 10.8 Å². The van der Waals surface area contributed by atoms with Gasteiger partial charge in [-0.25, -0.2) is 5.43 Å². The van der Waals surface area contributed by atoms with Crippen LogP contribution in [0.5, 0.6) is 5.75 Å². The number of nitrogens with one attached hydrogen (secondary N) is 2. The molecule has 7 nitrogen and oxygen atoms in total. The first kappa shape index (κ1) is 19.4. The molecule has 0 bridgehead atoms. The average Bonchev–Trinajstić information content (AvgIpc) is 2.64. The van der Waals surface area contributed by atoms with Crippen molar-refractivity contribution < 1.29 is 19.1 Å². The van der Waals surface area contributed by atoms with E-state index < -0.39 is 5.91 Å². The SMILES string of the molecule is COCCNC(=O)C/C(C)=N/NC(=O)COc1ccc2ccccc2c1. The second-order valence-corrected chi connectivity index (χ2v) is 5.70. The predicted molar refractivity (Wildman–Crippen MR) is 100 cm³/mol. The molecule has 0 saturated heterocycles. The fourth-order valence-corrected chi connectivity index (χ4v) is 2.22. The Balaban J connectivity index is 1.75. The highest BCUT2D eigenvalue weighted by Gasteiger charge is 2.05. The Morgan fingerprint density at radius 2 is 1.85 bits per heavy atom. The van der Waals surface area contributed by atoms with Crippen molar-refractivity contribution in [3.05, 3.63) is 42.5 Å². The molecule has 2 N–H and O–H groups in total. The summed E-state index contributed by atoms with van der Waals surface area (Å²) in [7, 11) is 1.56. The minimum atomic E-state index is -0.391. The maximum Gasteiger partial charge on any atom is 0.277 e. The topological polar surface area (TPSA) is 89.0 Å². The molecule has 26 heavy (non-hydrogen) atoms. The lowest BCUT2D eigenvalue weighted by Gasteiger charge is -2.07. The van der Waals surface area contributed by atoms with Gasteiger partial charge in [0, 0.05) is 19.4 Å². The molecule has 0 radical (unpaired) electrons. The number of ether oxygens (including phenoxy) is 2. The van der Waals surface area contributed by atoms with Gasteiger partial charge < -0.3 is 14.8 Å². The van der Waals surface area contributed by atoms with Crippen molar-refractivity contribution in [3.8, 4) is 5.75 Å². The highest BCUT2D eigenvalue weighted by atomic mass is 16.5. The van der Waals surface area contributed by atoms with E-state index in [0.29, 0.717) is 24.6 Å². The molecule has 138 valence electrons. The third kappa shape index (κ3) is 6.52. The van der Waals surface area contributed by atoms with Crippen LogP contribution in [0, 0.1) is 0 Å². The molecule has 0 spiro atoms. The Hall–Kier alpha value is -2.93. The largest absolute Gasteiger partial charge is 0.484 e. The van der Waals surface area contributed by atoms with Crippen molar-refractivity contribution >= 4 is 28.3 Å². The number of carbonyl (C=O) groups excluding carboxylic acids is 2. The summed E-state index contributed by atoms with van der Waals surface area (Å²) >= 11 is 0. The number of carbonyl (C=O) groups is 2. The van der Waals surface area contributed by atoms with Gasteiger partial charge in [0.15, 0.2) is 6.61 Å². The number of hydrogen-bond acceptors (Lipinski definition) is 5. The molecule has 0 fully saturated rings. The van der Waals surface area contributed by atoms with Gasteiger partial charge in [-0.3, -0.25) is 9.59 Å². The molecule has 0 aliphatic rings. The van der Waals surface area contributed by atoms with Crippen LogP contribution in [-0.4, -0.2) is 44.4 Å². The highest BCUT2D eigenvalue weighted by Crippen LogP contribution is 2.20. The van der Waals surface area contributed by atoms with E-state index in [1.165, 1.54) is 0 Å². The summed E-state index contributed by atoms with van der Waals surface area (Å²) in [6.45, 7) is 2.40. The van der Waals surface area contributed by atoms with Gasteiger partial charge in [-0.15, -0.1) is 0 Å². The Bertz CT molecular complexity index is 789. The fourth-order valence-electron chi connectivity index (χ4n) is 2.22. The summed E-state index contributed by atoms with van der Waals surface area (Å²) in [5, 5.41) is 8.73. The van der Waals surface area contributed by atoms with Crippen LogP contribution in [0.3, 0.4) is 0 Å². The Kier molecular flexibility index (Phi) is 7.57. The number of nitrogens with zero attached hydrogens (tertiary/aromatic N) is 1. The lowest BCUT2D eigenvalue weighted by molar-refractivity contribution is -0.123. The zero-order valence-corrected chi connectivity index (χ0v) is 15.0. The van der Waals surface area contributed by atoms with Gasteiger partial charge in [-0.05, 0) is 29.8 Å². The van der Waals surface area contributed by atoms with Crippen LogP contribution in [0.2, 0.25) is 0 Å². The molecule has 0 saturated carbocycles. The van der Waals surface area contributed by atoms with Crippen LogP contribution >= 0.6 is 0 Å². The summed E-state index contributed by atoms with van der Waals surface area (Å²) < 4.78 is 10.3. The van der Waals surface area contributed by atoms with Crippen molar-refractivity contribution in [2.45, 2.75) is 13.3 Å². The van der Waals surface area contributed by atoms with Crippen molar-refractivity contribution in [2.75, 3.05) is 26.9 Å². The first-order valence-corrected chi connectivity index (χ1v) is 8.27. The van der Waals surface area contributed by atoms with Crippen LogP contribution in [0.4, 0.5) is 0 Å². The average molecular weight is 357 g/mol. The number of fused-ring (bicyclic) bond motifs is 1. The van der Waals surface area contributed by atoms with Crippen LogP contribution in [-0.2, 0) is 14.3 Å². The van der Waals surface area contributed by atoms with Crippen molar-refractivity contribution in [3.63, 3.8) is 0 Å². The molecule has 0 atom stereocenters. The molecule has 2 aromatic rings. The summed E-state index contributed by atoms with van der Waals surface area (Å²) in [5.41, 5.74) is 2.88. The van der Waals surface area contributed by atoms with Gasteiger partial charge in [0.05, 0.1) is 13.0 Å². The van der Waals surface area contributed by atoms with E-state index in [0.717, 1.165) is 10.8 Å². The van der Waals surface area contributed by atoms with Gasteiger partial charge in [0.25, 0.3) is 5.91 Å². The molecule has 2 amide bonds. The van der Waals surface area contributed by atoms with Crippen LogP contribution < -0.4 is 15.5 Å². The van der Waals surface area contributed by atoms with E-state index >= 15 is 0 Å². The lowest BCUT2D eigenvalue weighted by atomic mass is 10.1. The van der Waals surface area contributed by atoms with E-state index in [2.05, 4.69) is 15.8 Å². The second-order valence-electron chi connectivity index (χ2n) is 5.70. The van der Waals surface area contributed by atoms with E-state index in [-0.39, 0.29) is 18.9 Å². The van der Waals surface area contributed by atoms with Gasteiger partial charge in [-0.2, -0.15) is 5.10 Å². The number of amides is 2. The highest BCUT2D eigenvalue weighted by molar-refractivity contribution is 6.00. The molecule has 2 aromatic carbocycles. The zero-order chi connectivity index (χ0) is 18.8. The molecular formula is C19H23N3O4. The minimum absolute atomic E-state index is 0.107. The summed E-state index contributed by atoms with van der Waals surface area (Å²) in [5.74, 6) is 0.0411. The van der Waals surface area contributed by atoms with Gasteiger partial charge in [0.2, 0.25) is 5.91 Å². The number of hydrogen-bond donors (Lipinski definition) is 2. The molecular weight excluding hydrogens is 334 g/mol. The van der Waals surface area contributed by atoms with E-state index in [9.17, 15) is 9.59 Å². The van der Waals surface area contributed by atoms with Crippen molar-refractivity contribution in [2.24, 2.45) is 5.10 Å². The maximum absolute atomic E-state index is 11.8. The fraction of sp³-hybridized carbons (Fsp3) is 0.316. The Labute approximate surface area is 152 Å². The quantitative estimate of drug-likeness (QED) is 0.407. The van der Waals surface area contributed by atoms with Gasteiger partial charge in [-0.1, -0.05) is 30.3 Å². The summed E-state index contributed by atoms with van der Waals surface area (Å²) in [6, 6.07) is 13.5. The molecule has 7 heteroatoms. The molecule has 2 rings (SSSR count). The number of methoxy groups -OCH3 is 1. The first-order chi connectivity index (χ1) is 12.6. The number of benzene rings is 2. The minimum Gasteiger partial charge on any atom is -0.484 e. The monoisotopic (exact) mass is 357 g/mol. The third-order valence-electron chi connectivity index (χ3n) is 3.51. The lowest BCUT2D eigenvalue weighted by Crippen LogP contribution is -2.30. The summed E-state index contributed by atoms with van der Waals surface area (Å²) in [4.78, 5) is 23.4. The zero-order valence-electron chi connectivity index (χ0n) is 15.0. The van der Waals surface area contributed by atoms with E-state index in [1.807, 2.05) is 42.5 Å². The maximum atomic E-state index is 11.8. The van der Waals surface area contributed by atoms with Gasteiger partial charge in [0.1, 0.15) is 5.75 Å². The first-order valence-electron chi connectivity index (χ1n) is 8.27. The molecule has 0 aliphatic carbocycles. The van der Waals surface area contributed by atoms with Crippen LogP contribution in [0.1, 0.15) is 13.3 Å². The van der Waals surface area contributed by atoms with E-state index in [1.54, 1.807) is 14.0 Å². The number of hydrazone groups is 1.